The van der Waals surface area contributed by atoms with E-state index < -0.39 is 23.7 Å². The molecular weight excluding hydrogens is 949 g/mol. The molecule has 0 radical (unpaired) electrons. The van der Waals surface area contributed by atoms with Gasteiger partial charge < -0.3 is 66.3 Å². The van der Waals surface area contributed by atoms with Crippen molar-refractivity contribution in [1.82, 2.24) is 0 Å². The van der Waals surface area contributed by atoms with Gasteiger partial charge in [-0.2, -0.15) is 0 Å². The molecule has 18 nitrogen and oxygen atoms in total. The predicted octanol–water partition coefficient (Wildman–Crippen LogP) is 5.24. The zero-order chi connectivity index (χ0) is 50.3. The summed E-state index contributed by atoms with van der Waals surface area (Å²) in [6.07, 6.45) is 17.9. The molecule has 20 atom stereocenters. The van der Waals surface area contributed by atoms with E-state index in [9.17, 15) is 19.2 Å². The summed E-state index contributed by atoms with van der Waals surface area (Å²) < 4.78 is 79.2. The summed E-state index contributed by atoms with van der Waals surface area (Å²) in [4.78, 5) is 51.5. The number of carbonyl (C=O) groups is 4. The lowest BCUT2D eigenvalue weighted by Crippen LogP contribution is -2.41. The molecule has 12 rings (SSSR count). The van der Waals surface area contributed by atoms with Gasteiger partial charge in [0.15, 0.2) is 0 Å². The van der Waals surface area contributed by atoms with E-state index in [0.29, 0.717) is 139 Å². The summed E-state index contributed by atoms with van der Waals surface area (Å²) in [5.41, 5.74) is -0.108. The van der Waals surface area contributed by atoms with Crippen molar-refractivity contribution in [2.24, 2.45) is 47.3 Å². The second-order valence-corrected chi connectivity index (χ2v) is 24.3. The van der Waals surface area contributed by atoms with Crippen LogP contribution in [-0.2, 0) is 85.5 Å². The van der Waals surface area contributed by atoms with Crippen molar-refractivity contribution in [3.63, 3.8) is 0 Å². The van der Waals surface area contributed by atoms with Crippen molar-refractivity contribution in [3.05, 3.63) is 0 Å². The van der Waals surface area contributed by atoms with Gasteiger partial charge in [0, 0.05) is 26.4 Å². The number of fused-ring (bicyclic) bond motifs is 6. The highest BCUT2D eigenvalue weighted by Gasteiger charge is 2.62. The van der Waals surface area contributed by atoms with Gasteiger partial charge in [-0.3, -0.25) is 19.2 Å². The molecule has 73 heavy (non-hydrogen) atoms. The lowest BCUT2D eigenvalue weighted by Gasteiger charge is -2.29. The molecule has 6 heterocycles. The maximum Gasteiger partial charge on any atom is 0.310 e. The first-order valence-corrected chi connectivity index (χ1v) is 28.3. The average molecular weight is 1030 g/mol. The Labute approximate surface area is 430 Å². The number of hydrogen-bond acceptors (Lipinski definition) is 18. The summed E-state index contributed by atoms with van der Waals surface area (Å²) in [5, 5.41) is 0. The molecule has 0 aromatic rings. The average Bonchev–Trinajstić information content (AvgIpc) is 4.10. The molecular formula is C55H82O18. The second kappa shape index (κ2) is 22.4. The van der Waals surface area contributed by atoms with Crippen molar-refractivity contribution >= 4 is 23.9 Å². The normalized spacial score (nSPS) is 44.6. The fourth-order valence-electron chi connectivity index (χ4n) is 13.4. The number of ether oxygens (including phenoxy) is 14. The molecule has 0 spiro atoms. The Bertz CT molecular complexity index is 1890. The maximum atomic E-state index is 12.9. The van der Waals surface area contributed by atoms with E-state index in [2.05, 4.69) is 13.8 Å². The molecule has 12 fully saturated rings. The van der Waals surface area contributed by atoms with Gasteiger partial charge in [-0.15, -0.1) is 0 Å². The van der Waals surface area contributed by atoms with Crippen LogP contribution in [0.2, 0.25) is 0 Å². The van der Waals surface area contributed by atoms with Crippen LogP contribution in [0.1, 0.15) is 124 Å². The highest BCUT2D eigenvalue weighted by molar-refractivity contribution is 5.83. The number of carbonyl (C=O) groups excluding carboxylic acids is 4. The molecule has 6 saturated carbocycles. The minimum atomic E-state index is -0.557. The van der Waals surface area contributed by atoms with Gasteiger partial charge in [0.2, 0.25) is 0 Å². The molecule has 410 valence electrons. The van der Waals surface area contributed by atoms with Crippen LogP contribution >= 0.6 is 0 Å². The molecule has 0 bridgehead atoms. The highest BCUT2D eigenvalue weighted by Crippen LogP contribution is 2.53. The Morgan fingerprint density at radius 2 is 0.712 bits per heavy atom. The quantitative estimate of drug-likeness (QED) is 0.0523. The van der Waals surface area contributed by atoms with E-state index in [4.69, 9.17) is 66.3 Å². The smallest absolute Gasteiger partial charge is 0.310 e. The molecule has 0 aromatic carbocycles. The van der Waals surface area contributed by atoms with Crippen LogP contribution in [0.25, 0.3) is 0 Å². The third kappa shape index (κ3) is 13.4. The van der Waals surface area contributed by atoms with Crippen molar-refractivity contribution in [3.8, 4) is 0 Å². The lowest BCUT2D eigenvalue weighted by molar-refractivity contribution is -0.164. The van der Waals surface area contributed by atoms with E-state index in [1.165, 1.54) is 0 Å². The van der Waals surface area contributed by atoms with Crippen LogP contribution in [-0.4, -0.2) is 175 Å². The zero-order valence-corrected chi connectivity index (χ0v) is 43.5. The topological polar surface area (TPSA) is 217 Å². The van der Waals surface area contributed by atoms with Crippen LogP contribution in [0.5, 0.6) is 0 Å². The summed E-state index contributed by atoms with van der Waals surface area (Å²) in [5.74, 6) is -1.55. The minimum Gasteiger partial charge on any atom is -0.463 e. The van der Waals surface area contributed by atoms with Crippen molar-refractivity contribution < 1.29 is 85.5 Å². The number of epoxide rings is 6. The third-order valence-corrected chi connectivity index (χ3v) is 18.8. The first-order chi connectivity index (χ1) is 35.3. The maximum absolute atomic E-state index is 12.9. The molecule has 0 N–H and O–H groups in total. The van der Waals surface area contributed by atoms with Gasteiger partial charge in [0.1, 0.15) is 26.4 Å². The minimum absolute atomic E-state index is 0.00370. The van der Waals surface area contributed by atoms with Gasteiger partial charge in [-0.05, 0) is 147 Å². The molecule has 0 amide bonds. The predicted molar refractivity (Wildman–Crippen MR) is 255 cm³/mol. The number of rotatable bonds is 24. The summed E-state index contributed by atoms with van der Waals surface area (Å²) >= 11 is 0. The molecule has 6 saturated heterocycles. The Morgan fingerprint density at radius 1 is 0.370 bits per heavy atom. The SMILES string of the molecule is CC12CC(C(=O)OCCOCC3CCC4OC4C3)C(C(=O)OCCOCC3CCC4OC4C3)CC1O2.CC12CCC(COCCOC(=O)C3CC4OC4CC3C(=O)OCCOCC3CCC4(C)OC4C3)CC1O2. The summed E-state index contributed by atoms with van der Waals surface area (Å²) in [6, 6.07) is 0. The van der Waals surface area contributed by atoms with E-state index in [-0.39, 0.29) is 85.4 Å². The Balaban J connectivity index is 0.000000157. The number of hydrogen-bond donors (Lipinski definition) is 0. The van der Waals surface area contributed by atoms with E-state index in [1.807, 2.05) is 6.92 Å². The van der Waals surface area contributed by atoms with Gasteiger partial charge in [-0.25, -0.2) is 0 Å². The van der Waals surface area contributed by atoms with E-state index >= 15 is 0 Å². The number of esters is 4. The second-order valence-electron chi connectivity index (χ2n) is 24.3. The Morgan fingerprint density at radius 3 is 1.12 bits per heavy atom. The molecule has 12 aliphatic rings. The molecule has 6 aliphatic carbocycles. The van der Waals surface area contributed by atoms with Gasteiger partial charge in [0.25, 0.3) is 0 Å². The van der Waals surface area contributed by atoms with Crippen molar-refractivity contribution in [2.45, 2.75) is 195 Å². The van der Waals surface area contributed by atoms with Gasteiger partial charge in [-0.1, -0.05) is 0 Å². The van der Waals surface area contributed by atoms with Crippen LogP contribution in [0.4, 0.5) is 0 Å². The fourth-order valence-corrected chi connectivity index (χ4v) is 13.4. The summed E-state index contributed by atoms with van der Waals surface area (Å²) in [6.45, 7) is 11.3. The largest absolute Gasteiger partial charge is 0.463 e. The first kappa shape index (κ1) is 52.5. The van der Waals surface area contributed by atoms with Gasteiger partial charge in [0.05, 0.1) is 122 Å². The third-order valence-electron chi connectivity index (χ3n) is 18.8. The summed E-state index contributed by atoms with van der Waals surface area (Å²) in [7, 11) is 0. The van der Waals surface area contributed by atoms with Crippen LogP contribution < -0.4 is 0 Å². The molecule has 20 unspecified atom stereocenters. The Kier molecular flexibility index (Phi) is 16.2. The Hall–Kier alpha value is -2.52. The van der Waals surface area contributed by atoms with Crippen LogP contribution in [0, 0.1) is 47.3 Å². The van der Waals surface area contributed by atoms with Gasteiger partial charge >= 0.3 is 23.9 Å². The zero-order valence-electron chi connectivity index (χ0n) is 43.5. The molecule has 0 aromatic heterocycles. The first-order valence-electron chi connectivity index (χ1n) is 28.3. The van der Waals surface area contributed by atoms with Crippen LogP contribution in [0.15, 0.2) is 0 Å². The standard InChI is InChI=1S/C28H42O9.C27H40O9/c1-27-5-3-17(11-23(27)36-27)15-31-7-9-33-25(29)19-13-21-22(35-21)14-20(19)26(30)34-10-8-32-16-18-4-6-28(2)24(12-18)37-28;1-27-13-19(26(29)33-9-7-31-15-17-3-5-21-23(11-17)35-21)18(12-24(27)36-27)25(28)32-8-6-30-14-16-2-4-20-22(10-16)34-20/h17-24H,3-16H2,1-2H3;16-24H,2-15H2,1H3. The highest BCUT2D eigenvalue weighted by atomic mass is 16.6. The monoisotopic (exact) mass is 1030 g/mol. The van der Waals surface area contributed by atoms with E-state index in [0.717, 1.165) is 77.0 Å². The molecule has 6 aliphatic heterocycles. The fraction of sp³-hybridized carbons (Fsp3) is 0.927. The van der Waals surface area contributed by atoms with E-state index in [1.54, 1.807) is 0 Å². The molecule has 18 heteroatoms. The van der Waals surface area contributed by atoms with Crippen molar-refractivity contribution in [2.75, 3.05) is 79.3 Å². The van der Waals surface area contributed by atoms with Crippen molar-refractivity contribution in [1.29, 1.82) is 0 Å². The lowest BCUT2D eigenvalue weighted by atomic mass is 9.74. The van der Waals surface area contributed by atoms with Crippen LogP contribution in [0.3, 0.4) is 0 Å².